The molecule has 0 atom stereocenters. The molecule has 100 valence electrons. The van der Waals surface area contributed by atoms with Gasteiger partial charge in [0.15, 0.2) is 5.65 Å². The van der Waals surface area contributed by atoms with Crippen LogP contribution < -0.4 is 0 Å². The molecule has 0 fully saturated rings. The van der Waals surface area contributed by atoms with Crippen LogP contribution in [0.15, 0.2) is 72.2 Å². The van der Waals surface area contributed by atoms with Crippen molar-refractivity contribution in [1.82, 2.24) is 9.97 Å². The summed E-state index contributed by atoms with van der Waals surface area (Å²) in [5.41, 5.74) is 4.10. The SMILES string of the molecule is c1csc(-c2ccc(-c3ccc4cccnc4n3)cc2)c1. The van der Waals surface area contributed by atoms with Crippen molar-refractivity contribution >= 4 is 22.4 Å². The van der Waals surface area contributed by atoms with Gasteiger partial charge >= 0.3 is 0 Å². The second kappa shape index (κ2) is 5.11. The minimum absolute atomic E-state index is 0.789. The van der Waals surface area contributed by atoms with Gasteiger partial charge in [-0.25, -0.2) is 9.97 Å². The van der Waals surface area contributed by atoms with E-state index in [1.807, 2.05) is 18.2 Å². The Morgan fingerprint density at radius 2 is 1.62 bits per heavy atom. The Hall–Kier alpha value is -2.52. The van der Waals surface area contributed by atoms with E-state index in [9.17, 15) is 0 Å². The number of benzene rings is 1. The van der Waals surface area contributed by atoms with Gasteiger partial charge in [-0.15, -0.1) is 11.3 Å². The number of hydrogen-bond acceptors (Lipinski definition) is 3. The molecule has 0 radical (unpaired) electrons. The molecule has 0 aliphatic carbocycles. The summed E-state index contributed by atoms with van der Waals surface area (Å²) in [6.07, 6.45) is 1.78. The zero-order valence-corrected chi connectivity index (χ0v) is 12.0. The highest BCUT2D eigenvalue weighted by molar-refractivity contribution is 7.13. The van der Waals surface area contributed by atoms with Crippen molar-refractivity contribution in [1.29, 1.82) is 0 Å². The molecular formula is C18H12N2S. The predicted molar refractivity (Wildman–Crippen MR) is 88.3 cm³/mol. The molecule has 3 heteroatoms. The molecule has 0 N–H and O–H groups in total. The van der Waals surface area contributed by atoms with Gasteiger partial charge in [-0.2, -0.15) is 0 Å². The second-order valence-electron chi connectivity index (χ2n) is 4.80. The number of thiophene rings is 1. The van der Waals surface area contributed by atoms with Gasteiger partial charge in [-0.1, -0.05) is 30.3 Å². The summed E-state index contributed by atoms with van der Waals surface area (Å²) in [5, 5.41) is 3.16. The molecule has 4 aromatic rings. The first-order chi connectivity index (χ1) is 10.4. The van der Waals surface area contributed by atoms with Crippen molar-refractivity contribution in [3.63, 3.8) is 0 Å². The topological polar surface area (TPSA) is 25.8 Å². The Labute approximate surface area is 126 Å². The number of hydrogen-bond donors (Lipinski definition) is 0. The third-order valence-electron chi connectivity index (χ3n) is 3.45. The van der Waals surface area contributed by atoms with Crippen molar-refractivity contribution in [2.24, 2.45) is 0 Å². The monoisotopic (exact) mass is 288 g/mol. The molecule has 21 heavy (non-hydrogen) atoms. The van der Waals surface area contributed by atoms with E-state index in [0.29, 0.717) is 0 Å². The average Bonchev–Trinajstić information content (AvgIpc) is 3.09. The molecule has 0 spiro atoms. The van der Waals surface area contributed by atoms with Crippen LogP contribution in [0.3, 0.4) is 0 Å². The number of rotatable bonds is 2. The van der Waals surface area contributed by atoms with E-state index < -0.39 is 0 Å². The van der Waals surface area contributed by atoms with Crippen LogP contribution in [0.25, 0.3) is 32.7 Å². The van der Waals surface area contributed by atoms with Crippen LogP contribution >= 0.6 is 11.3 Å². The molecule has 0 unspecified atom stereocenters. The van der Waals surface area contributed by atoms with E-state index in [1.54, 1.807) is 17.5 Å². The van der Waals surface area contributed by atoms with Gasteiger partial charge in [0.2, 0.25) is 0 Å². The van der Waals surface area contributed by atoms with Crippen LogP contribution in [0.4, 0.5) is 0 Å². The summed E-state index contributed by atoms with van der Waals surface area (Å²) in [5.74, 6) is 0. The third kappa shape index (κ3) is 2.32. The lowest BCUT2D eigenvalue weighted by molar-refractivity contribution is 1.29. The van der Waals surface area contributed by atoms with Crippen molar-refractivity contribution < 1.29 is 0 Å². The Balaban J connectivity index is 1.74. The number of pyridine rings is 2. The smallest absolute Gasteiger partial charge is 0.159 e. The summed E-state index contributed by atoms with van der Waals surface area (Å²) in [7, 11) is 0. The Morgan fingerprint density at radius 3 is 2.43 bits per heavy atom. The van der Waals surface area contributed by atoms with Crippen LogP contribution in [-0.2, 0) is 0 Å². The lowest BCUT2D eigenvalue weighted by atomic mass is 10.1. The standard InChI is InChI=1S/C18H12N2S/c1-3-15-9-10-16(20-18(15)19-11-1)13-5-7-14(8-6-13)17-4-2-12-21-17/h1-12H. The highest BCUT2D eigenvalue weighted by Gasteiger charge is 2.03. The molecule has 2 nitrogen and oxygen atoms in total. The minimum atomic E-state index is 0.789. The fourth-order valence-corrected chi connectivity index (χ4v) is 3.09. The van der Waals surface area contributed by atoms with E-state index in [4.69, 9.17) is 0 Å². The molecule has 0 saturated heterocycles. The van der Waals surface area contributed by atoms with Gasteiger partial charge in [0.25, 0.3) is 0 Å². The molecule has 0 saturated carbocycles. The minimum Gasteiger partial charge on any atom is -0.237 e. The van der Waals surface area contributed by atoms with Crippen LogP contribution in [0.2, 0.25) is 0 Å². The first-order valence-electron chi connectivity index (χ1n) is 6.76. The molecule has 0 aliphatic heterocycles. The second-order valence-corrected chi connectivity index (χ2v) is 5.75. The van der Waals surface area contributed by atoms with Crippen molar-refractivity contribution in [2.75, 3.05) is 0 Å². The van der Waals surface area contributed by atoms with E-state index in [2.05, 4.69) is 57.8 Å². The Morgan fingerprint density at radius 1 is 0.762 bits per heavy atom. The maximum atomic E-state index is 4.63. The van der Waals surface area contributed by atoms with Gasteiger partial charge in [0, 0.05) is 22.0 Å². The van der Waals surface area contributed by atoms with Crippen molar-refractivity contribution in [3.05, 3.63) is 72.2 Å². The van der Waals surface area contributed by atoms with E-state index in [-0.39, 0.29) is 0 Å². The van der Waals surface area contributed by atoms with E-state index in [0.717, 1.165) is 22.3 Å². The van der Waals surface area contributed by atoms with Crippen molar-refractivity contribution in [3.8, 4) is 21.7 Å². The zero-order valence-electron chi connectivity index (χ0n) is 11.2. The molecule has 0 amide bonds. The van der Waals surface area contributed by atoms with Crippen LogP contribution in [0, 0.1) is 0 Å². The molecule has 3 aromatic heterocycles. The lowest BCUT2D eigenvalue weighted by Gasteiger charge is -2.04. The van der Waals surface area contributed by atoms with Gasteiger partial charge in [-0.05, 0) is 41.3 Å². The van der Waals surface area contributed by atoms with Crippen LogP contribution in [0.1, 0.15) is 0 Å². The fourth-order valence-electron chi connectivity index (χ4n) is 2.36. The van der Waals surface area contributed by atoms with Crippen LogP contribution in [-0.4, -0.2) is 9.97 Å². The largest absolute Gasteiger partial charge is 0.237 e. The maximum absolute atomic E-state index is 4.63. The zero-order chi connectivity index (χ0) is 14.1. The maximum Gasteiger partial charge on any atom is 0.159 e. The number of aromatic nitrogens is 2. The highest BCUT2D eigenvalue weighted by Crippen LogP contribution is 2.27. The molecular weight excluding hydrogens is 276 g/mol. The number of nitrogens with zero attached hydrogens (tertiary/aromatic N) is 2. The fraction of sp³-hybridized carbons (Fsp3) is 0. The first-order valence-corrected chi connectivity index (χ1v) is 7.64. The average molecular weight is 288 g/mol. The molecule has 4 rings (SSSR count). The molecule has 0 bridgehead atoms. The Bertz CT molecular complexity index is 881. The van der Waals surface area contributed by atoms with E-state index in [1.165, 1.54) is 10.4 Å². The summed E-state index contributed by atoms with van der Waals surface area (Å²) in [6, 6.07) is 20.8. The van der Waals surface area contributed by atoms with E-state index >= 15 is 0 Å². The van der Waals surface area contributed by atoms with Gasteiger partial charge in [0.05, 0.1) is 5.69 Å². The quantitative estimate of drug-likeness (QED) is 0.517. The molecule has 1 aromatic carbocycles. The normalized spacial score (nSPS) is 10.9. The molecule has 3 heterocycles. The summed E-state index contributed by atoms with van der Waals surface area (Å²) >= 11 is 1.75. The molecule has 0 aliphatic rings. The van der Waals surface area contributed by atoms with Gasteiger partial charge in [0.1, 0.15) is 0 Å². The lowest BCUT2D eigenvalue weighted by Crippen LogP contribution is -1.87. The Kier molecular flexibility index (Phi) is 2.98. The van der Waals surface area contributed by atoms with Gasteiger partial charge in [-0.3, -0.25) is 0 Å². The van der Waals surface area contributed by atoms with Gasteiger partial charge < -0.3 is 0 Å². The highest BCUT2D eigenvalue weighted by atomic mass is 32.1. The summed E-state index contributed by atoms with van der Waals surface area (Å²) < 4.78 is 0. The summed E-state index contributed by atoms with van der Waals surface area (Å²) in [4.78, 5) is 10.2. The first kappa shape index (κ1) is 12.2. The summed E-state index contributed by atoms with van der Waals surface area (Å²) in [6.45, 7) is 0. The van der Waals surface area contributed by atoms with Crippen molar-refractivity contribution in [2.45, 2.75) is 0 Å². The third-order valence-corrected chi connectivity index (χ3v) is 4.37. The number of fused-ring (bicyclic) bond motifs is 1. The van der Waals surface area contributed by atoms with Crippen LogP contribution in [0.5, 0.6) is 0 Å². The predicted octanol–water partition coefficient (Wildman–Crippen LogP) is 5.03.